The van der Waals surface area contributed by atoms with Crippen LogP contribution in [-0.4, -0.2) is 26.8 Å². The molecule has 0 aromatic heterocycles. The van der Waals surface area contributed by atoms with Crippen molar-refractivity contribution < 1.29 is 8.42 Å². The van der Waals surface area contributed by atoms with Crippen LogP contribution in [0.4, 0.5) is 0 Å². The summed E-state index contributed by atoms with van der Waals surface area (Å²) in [6.45, 7) is 0.727. The molecule has 5 heteroatoms. The molecule has 1 rings (SSSR count). The van der Waals surface area contributed by atoms with Crippen molar-refractivity contribution in [1.82, 2.24) is 4.72 Å². The van der Waals surface area contributed by atoms with Crippen LogP contribution in [0.3, 0.4) is 0 Å². The van der Waals surface area contributed by atoms with E-state index in [0.717, 1.165) is 12.8 Å². The highest BCUT2D eigenvalue weighted by Gasteiger charge is 2.34. The van der Waals surface area contributed by atoms with Gasteiger partial charge in [-0.1, -0.05) is 0 Å². The van der Waals surface area contributed by atoms with Crippen molar-refractivity contribution in [3.63, 3.8) is 0 Å². The Kier molecular flexibility index (Phi) is 2.28. The predicted molar refractivity (Wildman–Crippen MR) is 39.0 cm³/mol. The average Bonchev–Trinajstić information content (AvgIpc) is 2.64. The fourth-order valence-corrected chi connectivity index (χ4v) is 2.09. The zero-order valence-corrected chi connectivity index (χ0v) is 6.52. The van der Waals surface area contributed by atoms with E-state index in [1.807, 2.05) is 0 Å². The van der Waals surface area contributed by atoms with Crippen molar-refractivity contribution in [1.29, 1.82) is 0 Å². The Morgan fingerprint density at radius 2 is 2.10 bits per heavy atom. The Morgan fingerprint density at radius 3 is 2.50 bits per heavy atom. The van der Waals surface area contributed by atoms with E-state index >= 15 is 0 Å². The van der Waals surface area contributed by atoms with E-state index in [4.69, 9.17) is 5.73 Å². The van der Waals surface area contributed by atoms with E-state index in [9.17, 15) is 8.42 Å². The molecule has 1 aliphatic carbocycles. The SMILES string of the molecule is NCCNS(=O)(=O)C1CC1. The van der Waals surface area contributed by atoms with Gasteiger partial charge in [-0.2, -0.15) is 0 Å². The molecule has 1 saturated carbocycles. The normalized spacial score (nSPS) is 19.3. The molecule has 0 bridgehead atoms. The van der Waals surface area contributed by atoms with E-state index < -0.39 is 10.0 Å². The van der Waals surface area contributed by atoms with Gasteiger partial charge in [0.1, 0.15) is 0 Å². The van der Waals surface area contributed by atoms with E-state index in [1.54, 1.807) is 0 Å². The number of rotatable bonds is 4. The molecule has 60 valence electrons. The summed E-state index contributed by atoms with van der Waals surface area (Å²) in [5.41, 5.74) is 5.13. The van der Waals surface area contributed by atoms with Crippen LogP contribution in [0.25, 0.3) is 0 Å². The maximum Gasteiger partial charge on any atom is 0.214 e. The highest BCUT2D eigenvalue weighted by molar-refractivity contribution is 7.90. The number of nitrogens with one attached hydrogen (secondary N) is 1. The van der Waals surface area contributed by atoms with Gasteiger partial charge in [-0.05, 0) is 12.8 Å². The molecule has 0 radical (unpaired) electrons. The van der Waals surface area contributed by atoms with Crippen molar-refractivity contribution in [2.24, 2.45) is 5.73 Å². The van der Waals surface area contributed by atoms with Gasteiger partial charge in [-0.15, -0.1) is 0 Å². The third-order valence-electron chi connectivity index (χ3n) is 1.41. The summed E-state index contributed by atoms with van der Waals surface area (Å²) in [5, 5.41) is -0.126. The largest absolute Gasteiger partial charge is 0.329 e. The van der Waals surface area contributed by atoms with Crippen molar-refractivity contribution in [2.75, 3.05) is 13.1 Å². The van der Waals surface area contributed by atoms with Crippen LogP contribution in [-0.2, 0) is 10.0 Å². The van der Waals surface area contributed by atoms with E-state index in [-0.39, 0.29) is 5.25 Å². The lowest BCUT2D eigenvalue weighted by Crippen LogP contribution is -2.31. The summed E-state index contributed by atoms with van der Waals surface area (Å²) in [6.07, 6.45) is 1.61. The molecule has 0 spiro atoms. The van der Waals surface area contributed by atoms with Crippen molar-refractivity contribution in [3.8, 4) is 0 Å². The standard InChI is InChI=1S/C5H12N2O2S/c6-3-4-7-10(8,9)5-1-2-5/h5,7H,1-4,6H2. The Hall–Kier alpha value is -0.130. The molecule has 0 unspecified atom stereocenters. The van der Waals surface area contributed by atoms with Gasteiger partial charge in [0, 0.05) is 13.1 Å². The van der Waals surface area contributed by atoms with E-state index in [2.05, 4.69) is 4.72 Å². The van der Waals surface area contributed by atoms with Crippen LogP contribution in [0, 0.1) is 0 Å². The molecule has 0 amide bonds. The molecule has 0 atom stereocenters. The average molecular weight is 164 g/mol. The second-order valence-electron chi connectivity index (χ2n) is 2.43. The van der Waals surface area contributed by atoms with Crippen LogP contribution >= 0.6 is 0 Å². The first-order valence-electron chi connectivity index (χ1n) is 3.35. The Balaban J connectivity index is 2.36. The number of hydrogen-bond donors (Lipinski definition) is 2. The van der Waals surface area contributed by atoms with Gasteiger partial charge in [0.05, 0.1) is 5.25 Å². The maximum absolute atomic E-state index is 11.0. The van der Waals surface area contributed by atoms with Crippen LogP contribution in [0.15, 0.2) is 0 Å². The lowest BCUT2D eigenvalue weighted by Gasteiger charge is -2.01. The van der Waals surface area contributed by atoms with Gasteiger partial charge in [0.15, 0.2) is 0 Å². The number of sulfonamides is 1. The molecule has 3 N–H and O–H groups in total. The Labute approximate surface area is 60.8 Å². The molecule has 1 aliphatic rings. The number of hydrogen-bond acceptors (Lipinski definition) is 3. The van der Waals surface area contributed by atoms with Gasteiger partial charge >= 0.3 is 0 Å². The minimum absolute atomic E-state index is 0.126. The lowest BCUT2D eigenvalue weighted by atomic mass is 10.7. The molecule has 1 fully saturated rings. The summed E-state index contributed by atoms with van der Waals surface area (Å²) in [5.74, 6) is 0. The number of nitrogens with two attached hydrogens (primary N) is 1. The van der Waals surface area contributed by atoms with Gasteiger partial charge in [0.25, 0.3) is 0 Å². The molecule has 0 heterocycles. The monoisotopic (exact) mass is 164 g/mol. The predicted octanol–water partition coefficient (Wildman–Crippen LogP) is -0.973. The van der Waals surface area contributed by atoms with Gasteiger partial charge < -0.3 is 5.73 Å². The molecule has 0 aliphatic heterocycles. The first-order valence-corrected chi connectivity index (χ1v) is 4.90. The van der Waals surface area contributed by atoms with Crippen molar-refractivity contribution in [3.05, 3.63) is 0 Å². The molecular formula is C5H12N2O2S. The van der Waals surface area contributed by atoms with Crippen molar-refractivity contribution in [2.45, 2.75) is 18.1 Å². The maximum atomic E-state index is 11.0. The van der Waals surface area contributed by atoms with Crippen LogP contribution in [0.1, 0.15) is 12.8 Å². The Bertz CT molecular complexity index is 196. The first kappa shape index (κ1) is 7.97. The van der Waals surface area contributed by atoms with Gasteiger partial charge in [-0.3, -0.25) is 0 Å². The molecule has 0 aromatic carbocycles. The van der Waals surface area contributed by atoms with Crippen molar-refractivity contribution >= 4 is 10.0 Å². The smallest absolute Gasteiger partial charge is 0.214 e. The van der Waals surface area contributed by atoms with Gasteiger partial charge in [-0.25, -0.2) is 13.1 Å². The summed E-state index contributed by atoms with van der Waals surface area (Å²) in [4.78, 5) is 0. The molecule has 4 nitrogen and oxygen atoms in total. The highest BCUT2D eigenvalue weighted by Crippen LogP contribution is 2.26. The molecule has 0 aromatic rings. The third-order valence-corrected chi connectivity index (χ3v) is 3.37. The van der Waals surface area contributed by atoms with E-state index in [1.165, 1.54) is 0 Å². The van der Waals surface area contributed by atoms with Crippen LogP contribution in [0.5, 0.6) is 0 Å². The zero-order chi connectivity index (χ0) is 7.61. The summed E-state index contributed by atoms with van der Waals surface area (Å²) in [6, 6.07) is 0. The van der Waals surface area contributed by atoms with Gasteiger partial charge in [0.2, 0.25) is 10.0 Å². The molecular weight excluding hydrogens is 152 g/mol. The first-order chi connectivity index (χ1) is 4.67. The zero-order valence-electron chi connectivity index (χ0n) is 5.71. The fourth-order valence-electron chi connectivity index (χ4n) is 0.697. The summed E-state index contributed by atoms with van der Waals surface area (Å²) in [7, 11) is -2.98. The molecule has 0 saturated heterocycles. The second-order valence-corrected chi connectivity index (χ2v) is 4.47. The minimum atomic E-state index is -2.98. The van der Waals surface area contributed by atoms with E-state index in [0.29, 0.717) is 13.1 Å². The minimum Gasteiger partial charge on any atom is -0.329 e. The topological polar surface area (TPSA) is 72.2 Å². The third kappa shape index (κ3) is 1.93. The lowest BCUT2D eigenvalue weighted by molar-refractivity contribution is 0.581. The molecule has 10 heavy (non-hydrogen) atoms. The second kappa shape index (κ2) is 2.86. The highest BCUT2D eigenvalue weighted by atomic mass is 32.2. The quantitative estimate of drug-likeness (QED) is 0.561. The van der Waals surface area contributed by atoms with Crippen LogP contribution < -0.4 is 10.5 Å². The summed E-state index contributed by atoms with van der Waals surface area (Å²) >= 11 is 0. The Morgan fingerprint density at radius 1 is 1.50 bits per heavy atom. The summed E-state index contributed by atoms with van der Waals surface area (Å²) < 4.78 is 24.4. The van der Waals surface area contributed by atoms with Crippen LogP contribution in [0.2, 0.25) is 0 Å². The fraction of sp³-hybridized carbons (Fsp3) is 1.00.